The molecule has 27 heavy (non-hydrogen) atoms. The quantitative estimate of drug-likeness (QED) is 0.423. The number of carbonyl (C=O) groups excluding carboxylic acids is 1. The Hall–Kier alpha value is -2.13. The van der Waals surface area contributed by atoms with Crippen molar-refractivity contribution >= 4 is 19.6 Å². The van der Waals surface area contributed by atoms with Crippen LogP contribution in [0.4, 0.5) is 0 Å². The van der Waals surface area contributed by atoms with E-state index in [1.165, 1.54) is 6.08 Å². The summed E-state index contributed by atoms with van der Waals surface area (Å²) in [6, 6.07) is 9.99. The molecule has 5 heteroatoms. The fourth-order valence-corrected chi connectivity index (χ4v) is 4.28. The number of fused-ring (bicyclic) bond motifs is 1. The summed E-state index contributed by atoms with van der Waals surface area (Å²) >= 11 is 0. The molecule has 0 saturated carbocycles. The maximum Gasteiger partial charge on any atom is 0.331 e. The minimum absolute atomic E-state index is 0.332. The number of cyclic esters (lactones) is 1. The molecule has 4 rings (SSSR count). The van der Waals surface area contributed by atoms with Crippen molar-refractivity contribution in [1.29, 1.82) is 0 Å². The van der Waals surface area contributed by atoms with Crippen LogP contribution < -0.4 is 0 Å². The third kappa shape index (κ3) is 2.89. The van der Waals surface area contributed by atoms with Crippen LogP contribution >= 0.6 is 0 Å². The summed E-state index contributed by atoms with van der Waals surface area (Å²) in [5, 5.41) is 0. The Morgan fingerprint density at radius 1 is 1.15 bits per heavy atom. The maximum atomic E-state index is 12.3. The third-order valence-corrected chi connectivity index (χ3v) is 6.07. The molecule has 1 aromatic rings. The Labute approximate surface area is 161 Å². The molecule has 1 aromatic carbocycles. The first-order valence-corrected chi connectivity index (χ1v) is 12.7. The molecule has 4 nitrogen and oxygen atoms in total. The van der Waals surface area contributed by atoms with Crippen molar-refractivity contribution in [2.45, 2.75) is 51.0 Å². The molecule has 1 saturated heterocycles. The number of benzene rings is 1. The first kappa shape index (κ1) is 18.2. The lowest BCUT2D eigenvalue weighted by Gasteiger charge is -2.47. The van der Waals surface area contributed by atoms with Crippen molar-refractivity contribution in [3.8, 4) is 11.5 Å². The summed E-state index contributed by atoms with van der Waals surface area (Å²) in [5.74, 6) is 3.05. The van der Waals surface area contributed by atoms with Crippen LogP contribution in [0.3, 0.4) is 0 Å². The highest BCUT2D eigenvalue weighted by atomic mass is 28.3. The Balaban J connectivity index is 2.01. The first-order valence-electron chi connectivity index (χ1n) is 9.21. The van der Waals surface area contributed by atoms with Gasteiger partial charge in [-0.25, -0.2) is 4.79 Å². The van der Waals surface area contributed by atoms with Gasteiger partial charge in [0.1, 0.15) is 13.7 Å². The summed E-state index contributed by atoms with van der Waals surface area (Å²) in [4.78, 5) is 12.3. The molecule has 1 fully saturated rings. The molecule has 0 radical (unpaired) electrons. The third-order valence-electron chi connectivity index (χ3n) is 5.19. The van der Waals surface area contributed by atoms with Gasteiger partial charge in [-0.1, -0.05) is 55.9 Å². The Kier molecular flexibility index (Phi) is 4.01. The highest BCUT2D eigenvalue weighted by molar-refractivity contribution is 6.83. The second-order valence-corrected chi connectivity index (χ2v) is 13.5. The van der Waals surface area contributed by atoms with E-state index in [0.717, 1.165) is 22.3 Å². The lowest BCUT2D eigenvalue weighted by Crippen LogP contribution is -2.59. The molecular weight excluding hydrogens is 356 g/mol. The van der Waals surface area contributed by atoms with E-state index in [1.54, 1.807) is 0 Å². The highest BCUT2D eigenvalue weighted by Gasteiger charge is 2.63. The fraction of sp³-hybridized carbons (Fsp3) is 0.409. The number of esters is 1. The van der Waals surface area contributed by atoms with E-state index >= 15 is 0 Å². The molecule has 3 aliphatic heterocycles. The maximum absolute atomic E-state index is 12.3. The van der Waals surface area contributed by atoms with E-state index in [9.17, 15) is 4.79 Å². The van der Waals surface area contributed by atoms with Crippen LogP contribution in [0, 0.1) is 11.5 Å². The average Bonchev–Trinajstić information content (AvgIpc) is 2.96. The molecule has 2 unspecified atom stereocenters. The summed E-state index contributed by atoms with van der Waals surface area (Å²) in [6.45, 7) is 10.7. The van der Waals surface area contributed by atoms with Crippen LogP contribution in [0.2, 0.25) is 19.6 Å². The van der Waals surface area contributed by atoms with Gasteiger partial charge in [-0.2, -0.15) is 0 Å². The van der Waals surface area contributed by atoms with Gasteiger partial charge in [0.05, 0.1) is 6.61 Å². The van der Waals surface area contributed by atoms with Crippen molar-refractivity contribution in [1.82, 2.24) is 0 Å². The molecule has 0 aliphatic carbocycles. The van der Waals surface area contributed by atoms with Gasteiger partial charge in [0.25, 0.3) is 0 Å². The Morgan fingerprint density at radius 2 is 1.85 bits per heavy atom. The molecule has 1 spiro atoms. The fourth-order valence-electron chi connectivity index (χ4n) is 3.78. The lowest BCUT2D eigenvalue weighted by molar-refractivity contribution is -0.185. The van der Waals surface area contributed by atoms with Gasteiger partial charge in [-0.05, 0) is 19.4 Å². The van der Waals surface area contributed by atoms with Crippen molar-refractivity contribution < 1.29 is 19.0 Å². The Morgan fingerprint density at radius 3 is 2.52 bits per heavy atom. The minimum atomic E-state index is -1.63. The second-order valence-electron chi connectivity index (χ2n) is 8.73. The largest absolute Gasteiger partial charge is 0.453 e. The highest BCUT2D eigenvalue weighted by Crippen LogP contribution is 2.53. The van der Waals surface area contributed by atoms with E-state index in [-0.39, 0.29) is 5.97 Å². The molecule has 2 atom stereocenters. The predicted octanol–water partition coefficient (Wildman–Crippen LogP) is 3.71. The molecular formula is C22H24O4Si. The normalized spacial score (nSPS) is 28.7. The van der Waals surface area contributed by atoms with Crippen LogP contribution in [0.25, 0.3) is 5.57 Å². The van der Waals surface area contributed by atoms with Crippen LogP contribution in [0.15, 0.2) is 47.6 Å². The van der Waals surface area contributed by atoms with Gasteiger partial charge in [0.2, 0.25) is 0 Å². The van der Waals surface area contributed by atoms with Gasteiger partial charge in [0.15, 0.2) is 11.9 Å². The van der Waals surface area contributed by atoms with Gasteiger partial charge >= 0.3 is 5.97 Å². The number of carbonyl (C=O) groups is 1. The van der Waals surface area contributed by atoms with Crippen LogP contribution in [-0.2, 0) is 19.0 Å². The zero-order valence-electron chi connectivity index (χ0n) is 16.4. The number of hydrogen-bond donors (Lipinski definition) is 0. The zero-order valence-corrected chi connectivity index (χ0v) is 17.4. The molecule has 0 amide bonds. The van der Waals surface area contributed by atoms with Crippen LogP contribution in [0.5, 0.6) is 0 Å². The smallest absolute Gasteiger partial charge is 0.331 e. The summed E-state index contributed by atoms with van der Waals surface area (Å²) < 4.78 is 18.1. The molecule has 2 bridgehead atoms. The zero-order chi connectivity index (χ0) is 19.4. The van der Waals surface area contributed by atoms with Crippen LogP contribution in [0.1, 0.15) is 19.4 Å². The van der Waals surface area contributed by atoms with E-state index in [4.69, 9.17) is 14.2 Å². The predicted molar refractivity (Wildman–Crippen MR) is 106 cm³/mol. The van der Waals surface area contributed by atoms with E-state index in [1.807, 2.05) is 44.2 Å². The van der Waals surface area contributed by atoms with E-state index in [2.05, 4.69) is 31.1 Å². The van der Waals surface area contributed by atoms with Crippen molar-refractivity contribution in [3.05, 3.63) is 53.1 Å². The van der Waals surface area contributed by atoms with Crippen molar-refractivity contribution in [3.63, 3.8) is 0 Å². The van der Waals surface area contributed by atoms with E-state index < -0.39 is 25.6 Å². The first-order chi connectivity index (χ1) is 12.6. The van der Waals surface area contributed by atoms with Crippen molar-refractivity contribution in [2.75, 3.05) is 6.61 Å². The summed E-state index contributed by atoms with van der Waals surface area (Å²) in [5.41, 5.74) is 5.32. The van der Waals surface area contributed by atoms with Gasteiger partial charge < -0.3 is 14.2 Å². The lowest BCUT2D eigenvalue weighted by atomic mass is 9.72. The number of rotatable bonds is 1. The second kappa shape index (κ2) is 5.93. The number of ether oxygens (including phenoxy) is 3. The standard InChI is InChI=1S/C22H24O4Si/c1-21(2)22-14-24-20(26-22)19(15-9-7-6-8-10-15)16(11-12-27(3,4)5)17(22)13-18(23)25-21/h6-10,13,20H,14H2,1-5H3. The Bertz CT molecular complexity index is 925. The monoisotopic (exact) mass is 380 g/mol. The van der Waals surface area contributed by atoms with Crippen LogP contribution in [-0.4, -0.2) is 38.1 Å². The summed E-state index contributed by atoms with van der Waals surface area (Å²) in [6.07, 6.45) is 1.01. The summed E-state index contributed by atoms with van der Waals surface area (Å²) in [7, 11) is -1.63. The molecule has 140 valence electrons. The van der Waals surface area contributed by atoms with E-state index in [0.29, 0.717) is 6.61 Å². The van der Waals surface area contributed by atoms with Gasteiger partial charge in [-0.15, -0.1) is 5.54 Å². The number of hydrogen-bond acceptors (Lipinski definition) is 4. The minimum Gasteiger partial charge on any atom is -0.453 e. The topological polar surface area (TPSA) is 44.8 Å². The van der Waals surface area contributed by atoms with Gasteiger partial charge in [-0.3, -0.25) is 0 Å². The van der Waals surface area contributed by atoms with Crippen molar-refractivity contribution in [2.24, 2.45) is 0 Å². The molecule has 3 heterocycles. The molecule has 0 N–H and O–H groups in total. The molecule has 0 aromatic heterocycles. The van der Waals surface area contributed by atoms with Gasteiger partial charge in [0, 0.05) is 22.8 Å². The molecule has 3 aliphatic rings. The SMILES string of the molecule is CC1(C)OC(=O)C=C2C(C#C[Si](C)(C)C)=C(c3ccccc3)C3OCC21O3. The average molecular weight is 381 g/mol.